The average Bonchev–Trinajstić information content (AvgIpc) is 3.07. The molecule has 7 nitrogen and oxygen atoms in total. The molecule has 0 amide bonds. The minimum atomic E-state index is -0.499. The highest BCUT2D eigenvalue weighted by Gasteiger charge is 2.22. The van der Waals surface area contributed by atoms with Crippen molar-refractivity contribution in [2.45, 2.75) is 20.5 Å². The number of nitro groups is 1. The maximum Gasteiger partial charge on any atom is 0.338 e. The number of halogens is 1. The Hall–Kier alpha value is -2.88. The molecule has 3 aromatic rings. The van der Waals surface area contributed by atoms with Gasteiger partial charge in [-0.2, -0.15) is 0 Å². The van der Waals surface area contributed by atoms with Gasteiger partial charge in [0.05, 0.1) is 15.1 Å². The van der Waals surface area contributed by atoms with Crippen LogP contribution in [0.3, 0.4) is 0 Å². The molecule has 0 aliphatic rings. The van der Waals surface area contributed by atoms with Crippen LogP contribution in [0.4, 0.5) is 5.69 Å². The molecule has 0 atom stereocenters. The van der Waals surface area contributed by atoms with Crippen LogP contribution in [-0.4, -0.2) is 16.7 Å². The van der Waals surface area contributed by atoms with Gasteiger partial charge in [-0.1, -0.05) is 41.6 Å². The van der Waals surface area contributed by atoms with Gasteiger partial charge in [-0.05, 0) is 65.8 Å². The van der Waals surface area contributed by atoms with E-state index >= 15 is 0 Å². The van der Waals surface area contributed by atoms with Crippen molar-refractivity contribution < 1.29 is 18.9 Å². The van der Waals surface area contributed by atoms with E-state index in [2.05, 4.69) is 27.7 Å². The van der Waals surface area contributed by atoms with E-state index in [1.807, 2.05) is 49.4 Å². The van der Waals surface area contributed by atoms with Crippen molar-refractivity contribution in [3.05, 3.63) is 78.7 Å². The minimum Gasteiger partial charge on any atom is -0.490 e. The predicted molar refractivity (Wildman–Crippen MR) is 118 cm³/mol. The number of rotatable bonds is 8. The van der Waals surface area contributed by atoms with E-state index in [4.69, 9.17) is 14.0 Å². The number of benzene rings is 2. The summed E-state index contributed by atoms with van der Waals surface area (Å²) < 4.78 is 17.7. The van der Waals surface area contributed by atoms with Crippen LogP contribution < -0.4 is 9.47 Å². The molecule has 0 radical (unpaired) electrons. The molecule has 0 N–H and O–H groups in total. The fraction of sp³-hybridized carbons (Fsp3) is 0.190. The van der Waals surface area contributed by atoms with Crippen LogP contribution >= 0.6 is 22.6 Å². The normalized spacial score (nSPS) is 11.0. The molecule has 1 heterocycles. The number of aryl methyl sites for hydroxylation is 1. The SMILES string of the molecule is CCOc1cc(/C=C\c2onc(C)c2[N+](=O)[O-])cc(I)c1OCc1ccccc1. The Labute approximate surface area is 181 Å². The van der Waals surface area contributed by atoms with E-state index in [9.17, 15) is 10.1 Å². The summed E-state index contributed by atoms with van der Waals surface area (Å²) in [6.45, 7) is 4.35. The fourth-order valence-corrected chi connectivity index (χ4v) is 3.48. The highest BCUT2D eigenvalue weighted by Crippen LogP contribution is 2.35. The van der Waals surface area contributed by atoms with Crippen molar-refractivity contribution in [2.24, 2.45) is 0 Å². The zero-order chi connectivity index (χ0) is 20.8. The molecule has 150 valence electrons. The minimum absolute atomic E-state index is 0.102. The van der Waals surface area contributed by atoms with Gasteiger partial charge in [0, 0.05) is 0 Å². The highest BCUT2D eigenvalue weighted by molar-refractivity contribution is 14.1. The van der Waals surface area contributed by atoms with Crippen molar-refractivity contribution in [1.29, 1.82) is 0 Å². The molecule has 0 fully saturated rings. The number of aromatic nitrogens is 1. The van der Waals surface area contributed by atoms with Crippen LogP contribution in [0, 0.1) is 20.6 Å². The van der Waals surface area contributed by atoms with E-state index in [0.717, 1.165) is 14.7 Å². The van der Waals surface area contributed by atoms with Crippen molar-refractivity contribution >= 4 is 40.4 Å². The predicted octanol–water partition coefficient (Wildman–Crippen LogP) is 5.64. The first-order chi connectivity index (χ1) is 14.0. The van der Waals surface area contributed by atoms with E-state index in [-0.39, 0.29) is 17.1 Å². The molecule has 0 aliphatic carbocycles. The van der Waals surface area contributed by atoms with Gasteiger partial charge in [-0.3, -0.25) is 10.1 Å². The summed E-state index contributed by atoms with van der Waals surface area (Å²) in [7, 11) is 0. The second kappa shape index (κ2) is 9.55. The largest absolute Gasteiger partial charge is 0.490 e. The van der Waals surface area contributed by atoms with Gasteiger partial charge in [-0.15, -0.1) is 0 Å². The summed E-state index contributed by atoms with van der Waals surface area (Å²) in [5.74, 6) is 1.37. The first kappa shape index (κ1) is 20.8. The summed E-state index contributed by atoms with van der Waals surface area (Å²) in [6, 6.07) is 13.6. The monoisotopic (exact) mass is 506 g/mol. The molecular weight excluding hydrogens is 487 g/mol. The molecule has 0 aliphatic heterocycles. The quantitative estimate of drug-likeness (QED) is 0.223. The molecule has 2 aromatic carbocycles. The lowest BCUT2D eigenvalue weighted by atomic mass is 10.1. The van der Waals surface area contributed by atoms with Crippen LogP contribution in [0.25, 0.3) is 12.2 Å². The smallest absolute Gasteiger partial charge is 0.338 e. The summed E-state index contributed by atoms with van der Waals surface area (Å²) in [5, 5.41) is 14.8. The lowest BCUT2D eigenvalue weighted by Gasteiger charge is -2.15. The van der Waals surface area contributed by atoms with E-state index in [0.29, 0.717) is 24.7 Å². The second-order valence-corrected chi connectivity index (χ2v) is 7.27. The van der Waals surface area contributed by atoms with Gasteiger partial charge in [0.1, 0.15) is 6.61 Å². The van der Waals surface area contributed by atoms with Gasteiger partial charge in [0.15, 0.2) is 17.2 Å². The summed E-state index contributed by atoms with van der Waals surface area (Å²) in [4.78, 5) is 10.7. The average molecular weight is 506 g/mol. The summed E-state index contributed by atoms with van der Waals surface area (Å²) in [5.41, 5.74) is 1.96. The number of ether oxygens (including phenoxy) is 2. The molecule has 0 unspecified atom stereocenters. The van der Waals surface area contributed by atoms with Gasteiger partial charge >= 0.3 is 5.69 Å². The fourth-order valence-electron chi connectivity index (χ4n) is 2.70. The van der Waals surface area contributed by atoms with Crippen LogP contribution in [0.2, 0.25) is 0 Å². The summed E-state index contributed by atoms with van der Waals surface area (Å²) in [6.07, 6.45) is 3.25. The molecule has 0 bridgehead atoms. The number of nitrogens with zero attached hydrogens (tertiary/aromatic N) is 2. The van der Waals surface area contributed by atoms with Crippen molar-refractivity contribution in [3.63, 3.8) is 0 Å². The molecule has 0 spiro atoms. The third kappa shape index (κ3) is 5.14. The van der Waals surface area contributed by atoms with E-state index in [1.165, 1.54) is 13.0 Å². The maximum atomic E-state index is 11.2. The highest BCUT2D eigenvalue weighted by atomic mass is 127. The van der Waals surface area contributed by atoms with E-state index < -0.39 is 4.92 Å². The zero-order valence-electron chi connectivity index (χ0n) is 15.9. The molecule has 1 aromatic heterocycles. The Bertz CT molecular complexity index is 1030. The number of hydrogen-bond acceptors (Lipinski definition) is 6. The van der Waals surface area contributed by atoms with Crippen LogP contribution in [0.1, 0.15) is 29.5 Å². The topological polar surface area (TPSA) is 87.6 Å². The van der Waals surface area contributed by atoms with Crippen LogP contribution in [0.15, 0.2) is 47.0 Å². The Morgan fingerprint density at radius 1 is 1.21 bits per heavy atom. The molecule has 0 saturated heterocycles. The van der Waals surface area contributed by atoms with Crippen molar-refractivity contribution in [2.75, 3.05) is 6.61 Å². The second-order valence-electron chi connectivity index (χ2n) is 6.11. The van der Waals surface area contributed by atoms with E-state index in [1.54, 1.807) is 6.08 Å². The number of hydrogen-bond donors (Lipinski definition) is 0. The standard InChI is InChI=1S/C21H19IN2O5/c1-3-27-19-12-16(9-10-18-20(24(25)26)14(2)23-29-18)11-17(22)21(19)28-13-15-7-5-4-6-8-15/h4-12H,3,13H2,1-2H3/b10-9-. The lowest BCUT2D eigenvalue weighted by molar-refractivity contribution is -0.386. The third-order valence-corrected chi connectivity index (χ3v) is 4.83. The first-order valence-electron chi connectivity index (χ1n) is 8.91. The van der Waals surface area contributed by atoms with Gasteiger partial charge < -0.3 is 14.0 Å². The van der Waals surface area contributed by atoms with Gasteiger partial charge in [0.25, 0.3) is 0 Å². The van der Waals surface area contributed by atoms with Crippen LogP contribution in [-0.2, 0) is 6.61 Å². The van der Waals surface area contributed by atoms with Gasteiger partial charge in [0.2, 0.25) is 5.76 Å². The Kier molecular flexibility index (Phi) is 6.86. The van der Waals surface area contributed by atoms with Crippen molar-refractivity contribution in [1.82, 2.24) is 5.16 Å². The molecule has 3 rings (SSSR count). The Balaban J connectivity index is 1.86. The zero-order valence-corrected chi connectivity index (χ0v) is 18.1. The van der Waals surface area contributed by atoms with Gasteiger partial charge in [-0.25, -0.2) is 0 Å². The Morgan fingerprint density at radius 2 is 1.97 bits per heavy atom. The maximum absolute atomic E-state index is 11.2. The third-order valence-electron chi connectivity index (χ3n) is 4.02. The molecule has 8 heteroatoms. The molecule has 29 heavy (non-hydrogen) atoms. The van der Waals surface area contributed by atoms with Crippen molar-refractivity contribution in [3.8, 4) is 11.5 Å². The summed E-state index contributed by atoms with van der Waals surface area (Å²) >= 11 is 2.19. The molecule has 0 saturated carbocycles. The van der Waals surface area contributed by atoms with Crippen LogP contribution in [0.5, 0.6) is 11.5 Å². The first-order valence-corrected chi connectivity index (χ1v) is 9.99. The lowest BCUT2D eigenvalue weighted by Crippen LogP contribution is -2.02. The molecular formula is C21H19IN2O5. The Morgan fingerprint density at radius 3 is 2.66 bits per heavy atom.